The van der Waals surface area contributed by atoms with Crippen LogP contribution >= 0.6 is 0 Å². The Morgan fingerprint density at radius 2 is 1.94 bits per heavy atom. The average Bonchev–Trinajstić information content (AvgIpc) is 2.82. The second-order valence-electron chi connectivity index (χ2n) is 8.68. The third kappa shape index (κ3) is 4.45. The van der Waals surface area contributed by atoms with E-state index in [2.05, 4.69) is 10.3 Å². The Labute approximate surface area is 207 Å². The van der Waals surface area contributed by atoms with Gasteiger partial charge in [0.05, 0.1) is 17.1 Å². The molecule has 1 heterocycles. The van der Waals surface area contributed by atoms with E-state index in [4.69, 9.17) is 10.2 Å². The summed E-state index contributed by atoms with van der Waals surface area (Å²) in [5.74, 6) is -1.82. The molecule has 1 atom stereocenters. The van der Waals surface area contributed by atoms with Gasteiger partial charge < -0.3 is 20.6 Å². The molecule has 0 saturated carbocycles. The molecule has 0 amide bonds. The number of carbonyl (C=O) groups is 1. The van der Waals surface area contributed by atoms with Crippen molar-refractivity contribution in [1.82, 2.24) is 0 Å². The Morgan fingerprint density at radius 3 is 2.64 bits per heavy atom. The lowest BCUT2D eigenvalue weighted by atomic mass is 9.98. The van der Waals surface area contributed by atoms with E-state index in [1.807, 2.05) is 13.0 Å². The molecule has 1 aromatic heterocycles. The number of aryl methyl sites for hydroxylation is 1. The number of halogens is 1. The molecular formula is C28H26FN3O4. The molecule has 8 heteroatoms. The number of hydrogen-bond donors (Lipinski definition) is 3. The highest BCUT2D eigenvalue weighted by molar-refractivity contribution is 5.95. The summed E-state index contributed by atoms with van der Waals surface area (Å²) in [4.78, 5) is 29.1. The second kappa shape index (κ2) is 9.65. The van der Waals surface area contributed by atoms with Crippen molar-refractivity contribution in [3.05, 3.63) is 92.4 Å². The first-order valence-corrected chi connectivity index (χ1v) is 11.3. The second-order valence-corrected chi connectivity index (χ2v) is 8.68. The van der Waals surface area contributed by atoms with Crippen LogP contribution in [0.5, 0.6) is 0 Å². The van der Waals surface area contributed by atoms with Gasteiger partial charge in [-0.3, -0.25) is 9.79 Å². The Hall–Kier alpha value is -4.46. The van der Waals surface area contributed by atoms with Gasteiger partial charge in [0.25, 0.3) is 0 Å². The molecule has 0 aliphatic carbocycles. The summed E-state index contributed by atoms with van der Waals surface area (Å²) >= 11 is 0. The molecule has 7 nitrogen and oxygen atoms in total. The lowest BCUT2D eigenvalue weighted by Gasteiger charge is -2.20. The van der Waals surface area contributed by atoms with E-state index in [1.165, 1.54) is 12.1 Å². The Kier molecular flexibility index (Phi) is 6.61. The van der Waals surface area contributed by atoms with Crippen LogP contribution in [0.3, 0.4) is 0 Å². The van der Waals surface area contributed by atoms with E-state index in [0.717, 1.165) is 11.6 Å². The van der Waals surface area contributed by atoms with Crippen LogP contribution in [-0.4, -0.2) is 24.3 Å². The highest BCUT2D eigenvalue weighted by atomic mass is 19.1. The number of benzene rings is 3. The Balaban J connectivity index is 1.91. The predicted molar refractivity (Wildman–Crippen MR) is 141 cm³/mol. The van der Waals surface area contributed by atoms with Crippen LogP contribution in [0.4, 0.5) is 15.8 Å². The highest BCUT2D eigenvalue weighted by Crippen LogP contribution is 2.33. The molecule has 4 N–H and O–H groups in total. The fraction of sp³-hybridized carbons (Fsp3) is 0.179. The molecule has 0 bridgehead atoms. The number of aliphatic imine (C=N–C) groups is 1. The van der Waals surface area contributed by atoms with E-state index in [9.17, 15) is 19.1 Å². The van der Waals surface area contributed by atoms with Gasteiger partial charge in [0.15, 0.2) is 5.43 Å². The molecule has 1 unspecified atom stereocenters. The Bertz CT molecular complexity index is 1590. The zero-order valence-electron chi connectivity index (χ0n) is 20.3. The SMILES string of the molecule is CN=Cc1cc(-c2oc3c(C(C)Nc4cccc(F)c4C(=O)O)cc(C)cc3c(=O)c2C)ccc1N. The third-order valence-corrected chi connectivity index (χ3v) is 6.08. The van der Waals surface area contributed by atoms with Crippen molar-refractivity contribution in [2.24, 2.45) is 4.99 Å². The number of carboxylic acid groups (broad SMARTS) is 1. The average molecular weight is 488 g/mol. The van der Waals surface area contributed by atoms with Gasteiger partial charge >= 0.3 is 5.97 Å². The molecule has 0 radical (unpaired) electrons. The van der Waals surface area contributed by atoms with Crippen molar-refractivity contribution in [3.8, 4) is 11.3 Å². The molecule has 0 fully saturated rings. The van der Waals surface area contributed by atoms with Crippen molar-refractivity contribution in [2.75, 3.05) is 18.1 Å². The van der Waals surface area contributed by atoms with E-state index < -0.39 is 23.4 Å². The van der Waals surface area contributed by atoms with Crippen LogP contribution in [0.15, 0.2) is 62.7 Å². The minimum atomic E-state index is -1.38. The van der Waals surface area contributed by atoms with Gasteiger partial charge in [0.1, 0.15) is 22.7 Å². The van der Waals surface area contributed by atoms with Gasteiger partial charge in [-0.15, -0.1) is 0 Å². The maximum absolute atomic E-state index is 14.2. The standard InChI is InChI=1S/C28H26FN3O4/c1-14-10-19(16(3)32-23-7-5-6-21(29)24(23)28(34)35)27-20(11-14)25(33)15(2)26(36-27)17-8-9-22(30)18(12-17)13-31-4/h5-13,16,32H,30H2,1-4H3,(H,34,35). The number of fused-ring (bicyclic) bond motifs is 1. The number of carboxylic acids is 1. The molecule has 0 aliphatic heterocycles. The van der Waals surface area contributed by atoms with Gasteiger partial charge in [-0.2, -0.15) is 0 Å². The summed E-state index contributed by atoms with van der Waals surface area (Å²) in [6, 6.07) is 12.5. The van der Waals surface area contributed by atoms with Crippen molar-refractivity contribution in [2.45, 2.75) is 26.8 Å². The minimum absolute atomic E-state index is 0.126. The number of nitrogens with one attached hydrogen (secondary N) is 1. The van der Waals surface area contributed by atoms with Crippen LogP contribution in [0.2, 0.25) is 0 Å². The molecular weight excluding hydrogens is 461 g/mol. The first-order chi connectivity index (χ1) is 17.1. The molecule has 0 aliphatic rings. The number of anilines is 2. The van der Waals surface area contributed by atoms with Gasteiger partial charge in [0, 0.05) is 41.2 Å². The number of nitrogens with zero attached hydrogens (tertiary/aromatic N) is 1. The van der Waals surface area contributed by atoms with Crippen LogP contribution in [-0.2, 0) is 0 Å². The lowest BCUT2D eigenvalue weighted by Crippen LogP contribution is -2.14. The van der Waals surface area contributed by atoms with Crippen molar-refractivity contribution in [1.29, 1.82) is 0 Å². The van der Waals surface area contributed by atoms with Crippen LogP contribution in [0, 0.1) is 19.7 Å². The smallest absolute Gasteiger partial charge is 0.340 e. The fourth-order valence-electron chi connectivity index (χ4n) is 4.30. The van der Waals surface area contributed by atoms with E-state index in [0.29, 0.717) is 44.7 Å². The van der Waals surface area contributed by atoms with Gasteiger partial charge in [0.2, 0.25) is 0 Å². The molecule has 4 rings (SSSR count). The normalized spacial score (nSPS) is 12.2. The zero-order valence-corrected chi connectivity index (χ0v) is 20.3. The first kappa shape index (κ1) is 24.7. The molecule has 184 valence electrons. The maximum atomic E-state index is 14.2. The summed E-state index contributed by atoms with van der Waals surface area (Å²) in [5.41, 5.74) is 9.73. The van der Waals surface area contributed by atoms with Crippen LogP contribution in [0.25, 0.3) is 22.3 Å². The van der Waals surface area contributed by atoms with E-state index in [-0.39, 0.29) is 11.1 Å². The van der Waals surface area contributed by atoms with Gasteiger partial charge in [-0.05, 0) is 62.7 Å². The van der Waals surface area contributed by atoms with Crippen LogP contribution < -0.4 is 16.5 Å². The van der Waals surface area contributed by atoms with E-state index >= 15 is 0 Å². The largest absolute Gasteiger partial charge is 0.478 e. The van der Waals surface area contributed by atoms with Crippen molar-refractivity contribution < 1.29 is 18.7 Å². The summed E-state index contributed by atoms with van der Waals surface area (Å²) in [5, 5.41) is 13.0. The number of aromatic carboxylic acids is 1. The monoisotopic (exact) mass is 487 g/mol. The molecule has 4 aromatic rings. The summed E-state index contributed by atoms with van der Waals surface area (Å²) in [6.07, 6.45) is 1.63. The summed E-state index contributed by atoms with van der Waals surface area (Å²) in [7, 11) is 1.64. The summed E-state index contributed by atoms with van der Waals surface area (Å²) < 4.78 is 20.6. The number of rotatable bonds is 6. The van der Waals surface area contributed by atoms with E-state index in [1.54, 1.807) is 51.4 Å². The van der Waals surface area contributed by atoms with Gasteiger partial charge in [-0.25, -0.2) is 9.18 Å². The lowest BCUT2D eigenvalue weighted by molar-refractivity contribution is 0.0693. The topological polar surface area (TPSA) is 118 Å². The highest BCUT2D eigenvalue weighted by Gasteiger charge is 2.22. The first-order valence-electron chi connectivity index (χ1n) is 11.3. The van der Waals surface area contributed by atoms with Crippen molar-refractivity contribution in [3.63, 3.8) is 0 Å². The Morgan fingerprint density at radius 1 is 1.19 bits per heavy atom. The fourth-order valence-corrected chi connectivity index (χ4v) is 4.30. The molecule has 0 spiro atoms. The van der Waals surface area contributed by atoms with Gasteiger partial charge in [-0.1, -0.05) is 12.1 Å². The molecule has 0 saturated heterocycles. The van der Waals surface area contributed by atoms with Crippen molar-refractivity contribution >= 4 is 34.5 Å². The quantitative estimate of drug-likeness (QED) is 0.237. The third-order valence-electron chi connectivity index (χ3n) is 6.08. The maximum Gasteiger partial charge on any atom is 0.340 e. The van der Waals surface area contributed by atoms with Crippen LogP contribution in [0.1, 0.15) is 45.6 Å². The number of nitrogens with two attached hydrogens (primary N) is 1. The molecule has 3 aromatic carbocycles. The minimum Gasteiger partial charge on any atom is -0.478 e. The number of hydrogen-bond acceptors (Lipinski definition) is 6. The predicted octanol–water partition coefficient (Wildman–Crippen LogP) is 5.72. The number of nitrogen functional groups attached to an aromatic ring is 1. The summed E-state index contributed by atoms with van der Waals surface area (Å²) in [6.45, 7) is 5.36. The zero-order chi connectivity index (χ0) is 26.1. The molecule has 36 heavy (non-hydrogen) atoms.